The number of hydrogen-bond acceptors (Lipinski definition) is 8. The molecular formula is C34H47N3O8. The Balaban J connectivity index is 1.56. The van der Waals surface area contributed by atoms with Crippen LogP contribution in [0.1, 0.15) is 79.8 Å². The zero-order valence-corrected chi connectivity index (χ0v) is 26.7. The molecule has 3 rings (SSSR count). The van der Waals surface area contributed by atoms with E-state index in [4.69, 9.17) is 18.9 Å². The van der Waals surface area contributed by atoms with E-state index >= 15 is 0 Å². The summed E-state index contributed by atoms with van der Waals surface area (Å²) >= 11 is 0. The van der Waals surface area contributed by atoms with Gasteiger partial charge in [-0.25, -0.2) is 0 Å². The van der Waals surface area contributed by atoms with Crippen LogP contribution in [0.4, 0.5) is 5.69 Å². The first kappa shape index (κ1) is 35.7. The number of amides is 3. The summed E-state index contributed by atoms with van der Waals surface area (Å²) < 4.78 is 21.4. The SMILES string of the molecule is CCCCOCCNC(=O)CCCC(=O)Nc1ccc2c(c1)C(COC(C)=O)c1cc(C(=O)NCCOCCCOC)ccc1-2. The maximum atomic E-state index is 12.9. The topological polar surface area (TPSA) is 141 Å². The maximum Gasteiger partial charge on any atom is 0.302 e. The van der Waals surface area contributed by atoms with Gasteiger partial charge in [0.25, 0.3) is 5.91 Å². The minimum Gasteiger partial charge on any atom is -0.465 e. The molecule has 1 aliphatic carbocycles. The number of fused-ring (bicyclic) bond motifs is 3. The van der Waals surface area contributed by atoms with Gasteiger partial charge in [-0.3, -0.25) is 19.2 Å². The summed E-state index contributed by atoms with van der Waals surface area (Å²) in [5.41, 5.74) is 4.77. The number of ether oxygens (including phenoxy) is 4. The van der Waals surface area contributed by atoms with Crippen LogP contribution < -0.4 is 16.0 Å². The Morgan fingerprint density at radius 1 is 0.756 bits per heavy atom. The van der Waals surface area contributed by atoms with Gasteiger partial charge in [0.1, 0.15) is 6.61 Å². The van der Waals surface area contributed by atoms with Crippen molar-refractivity contribution in [2.24, 2.45) is 0 Å². The molecule has 3 amide bonds. The molecule has 11 heteroatoms. The van der Waals surface area contributed by atoms with Gasteiger partial charge in [-0.05, 0) is 65.8 Å². The van der Waals surface area contributed by atoms with E-state index in [-0.39, 0.29) is 43.1 Å². The van der Waals surface area contributed by atoms with Crippen molar-refractivity contribution in [3.05, 3.63) is 53.1 Å². The van der Waals surface area contributed by atoms with Gasteiger partial charge in [0.2, 0.25) is 11.8 Å². The van der Waals surface area contributed by atoms with E-state index < -0.39 is 5.97 Å². The first-order valence-corrected chi connectivity index (χ1v) is 15.7. The number of methoxy groups -OCH3 is 1. The van der Waals surface area contributed by atoms with Gasteiger partial charge in [-0.1, -0.05) is 25.5 Å². The minimum absolute atomic E-state index is 0.103. The lowest BCUT2D eigenvalue weighted by Crippen LogP contribution is -2.27. The Hall–Kier alpha value is -3.80. The van der Waals surface area contributed by atoms with Crippen LogP contribution >= 0.6 is 0 Å². The number of unbranched alkanes of at least 4 members (excludes halogenated alkanes) is 1. The minimum atomic E-state index is -0.401. The Labute approximate surface area is 265 Å². The molecule has 1 atom stereocenters. The second-order valence-electron chi connectivity index (χ2n) is 10.9. The molecule has 1 unspecified atom stereocenters. The van der Waals surface area contributed by atoms with E-state index in [1.54, 1.807) is 13.2 Å². The maximum absolute atomic E-state index is 12.9. The van der Waals surface area contributed by atoms with Crippen LogP contribution in [0, 0.1) is 0 Å². The van der Waals surface area contributed by atoms with Crippen LogP contribution in [0.5, 0.6) is 0 Å². The summed E-state index contributed by atoms with van der Waals surface area (Å²) in [6, 6.07) is 11.1. The molecule has 0 spiro atoms. The van der Waals surface area contributed by atoms with Crippen molar-refractivity contribution in [2.45, 2.75) is 58.3 Å². The third kappa shape index (κ3) is 11.9. The number of hydrogen-bond donors (Lipinski definition) is 3. The number of carbonyl (C=O) groups is 4. The van der Waals surface area contributed by atoms with Gasteiger partial charge in [0.05, 0.1) is 13.2 Å². The largest absolute Gasteiger partial charge is 0.465 e. The predicted octanol–water partition coefficient (Wildman–Crippen LogP) is 4.19. The van der Waals surface area contributed by atoms with Gasteiger partial charge in [-0.2, -0.15) is 0 Å². The number of nitrogens with one attached hydrogen (secondary N) is 3. The molecule has 11 nitrogen and oxygen atoms in total. The fourth-order valence-corrected chi connectivity index (χ4v) is 5.04. The van der Waals surface area contributed by atoms with Crippen molar-refractivity contribution in [2.75, 3.05) is 65.2 Å². The molecule has 1 aliphatic rings. The van der Waals surface area contributed by atoms with E-state index in [0.717, 1.165) is 41.5 Å². The molecule has 0 radical (unpaired) electrons. The van der Waals surface area contributed by atoms with Crippen LogP contribution in [-0.2, 0) is 33.3 Å². The standard InChI is InChI=1S/C34H47N3O8/c1-4-5-17-43-19-14-35-32(39)8-6-9-33(40)37-26-11-13-28-27-12-10-25(34(41)36-15-20-44-18-7-16-42-3)21-29(27)31(30(28)22-26)23-45-24(2)38/h10-13,21-22,31H,4-9,14-20,23H2,1-3H3,(H,35,39)(H,36,41)(H,37,40). The number of benzene rings is 2. The summed E-state index contributed by atoms with van der Waals surface area (Å²) in [5, 5.41) is 8.62. The van der Waals surface area contributed by atoms with Crippen molar-refractivity contribution < 1.29 is 38.1 Å². The summed E-state index contributed by atoms with van der Waals surface area (Å²) in [6.45, 7) is 7.15. The van der Waals surface area contributed by atoms with Gasteiger partial charge >= 0.3 is 5.97 Å². The molecule has 0 fully saturated rings. The van der Waals surface area contributed by atoms with Crippen LogP contribution in [0.2, 0.25) is 0 Å². The predicted molar refractivity (Wildman–Crippen MR) is 171 cm³/mol. The average molecular weight is 626 g/mol. The molecule has 45 heavy (non-hydrogen) atoms. The molecule has 2 aromatic rings. The third-order valence-electron chi connectivity index (χ3n) is 7.33. The highest BCUT2D eigenvalue weighted by molar-refractivity contribution is 5.96. The second kappa shape index (κ2) is 19.6. The number of rotatable bonds is 21. The van der Waals surface area contributed by atoms with Gasteiger partial charge < -0.3 is 34.9 Å². The molecule has 0 aromatic heterocycles. The number of carbonyl (C=O) groups excluding carboxylic acids is 4. The lowest BCUT2D eigenvalue weighted by atomic mass is 9.96. The molecule has 3 N–H and O–H groups in total. The quantitative estimate of drug-likeness (QED) is 0.139. The molecule has 2 aromatic carbocycles. The van der Waals surface area contributed by atoms with Crippen LogP contribution in [0.3, 0.4) is 0 Å². The molecule has 0 aliphatic heterocycles. The van der Waals surface area contributed by atoms with Crippen molar-refractivity contribution in [1.29, 1.82) is 0 Å². The highest BCUT2D eigenvalue weighted by Gasteiger charge is 2.31. The normalized spacial score (nSPS) is 13.1. The Kier molecular flexibility index (Phi) is 15.5. The molecule has 0 heterocycles. The highest BCUT2D eigenvalue weighted by Crippen LogP contribution is 2.46. The van der Waals surface area contributed by atoms with Crippen molar-refractivity contribution in [3.63, 3.8) is 0 Å². The van der Waals surface area contributed by atoms with E-state index in [1.165, 1.54) is 6.92 Å². The monoisotopic (exact) mass is 625 g/mol. The van der Waals surface area contributed by atoms with E-state index in [0.29, 0.717) is 63.8 Å². The summed E-state index contributed by atoms with van der Waals surface area (Å²) in [5.74, 6) is -1.23. The van der Waals surface area contributed by atoms with Crippen molar-refractivity contribution in [3.8, 4) is 11.1 Å². The summed E-state index contributed by atoms with van der Waals surface area (Å²) in [7, 11) is 1.64. The van der Waals surface area contributed by atoms with E-state index in [1.807, 2.05) is 30.3 Å². The van der Waals surface area contributed by atoms with Gasteiger partial charge in [0, 0.05) is 77.0 Å². The lowest BCUT2D eigenvalue weighted by molar-refractivity contribution is -0.141. The van der Waals surface area contributed by atoms with Gasteiger partial charge in [0.15, 0.2) is 0 Å². The van der Waals surface area contributed by atoms with Crippen molar-refractivity contribution >= 4 is 29.4 Å². The first-order valence-electron chi connectivity index (χ1n) is 15.7. The Bertz CT molecular complexity index is 1280. The Morgan fingerprint density at radius 3 is 2.13 bits per heavy atom. The highest BCUT2D eigenvalue weighted by atomic mass is 16.5. The van der Waals surface area contributed by atoms with E-state index in [2.05, 4.69) is 22.9 Å². The van der Waals surface area contributed by atoms with Crippen LogP contribution in [0.15, 0.2) is 36.4 Å². The second-order valence-corrected chi connectivity index (χ2v) is 10.9. The fourth-order valence-electron chi connectivity index (χ4n) is 5.04. The first-order chi connectivity index (χ1) is 21.8. The fraction of sp³-hybridized carbons (Fsp3) is 0.529. The third-order valence-corrected chi connectivity index (χ3v) is 7.33. The van der Waals surface area contributed by atoms with Crippen LogP contribution in [0.25, 0.3) is 11.1 Å². The lowest BCUT2D eigenvalue weighted by Gasteiger charge is -2.15. The van der Waals surface area contributed by atoms with Crippen molar-refractivity contribution in [1.82, 2.24) is 10.6 Å². The zero-order valence-electron chi connectivity index (χ0n) is 26.7. The molecular weight excluding hydrogens is 578 g/mol. The Morgan fingerprint density at radius 2 is 1.42 bits per heavy atom. The molecule has 246 valence electrons. The number of anilines is 1. The van der Waals surface area contributed by atoms with E-state index in [9.17, 15) is 19.2 Å². The smallest absolute Gasteiger partial charge is 0.302 e. The molecule has 0 bridgehead atoms. The summed E-state index contributed by atoms with van der Waals surface area (Å²) in [6.07, 6.45) is 3.73. The van der Waals surface area contributed by atoms with Crippen LogP contribution in [-0.4, -0.2) is 83.5 Å². The number of esters is 1. The average Bonchev–Trinajstić information content (AvgIpc) is 3.33. The van der Waals surface area contributed by atoms with Gasteiger partial charge in [-0.15, -0.1) is 0 Å². The molecule has 0 saturated heterocycles. The molecule has 0 saturated carbocycles. The zero-order chi connectivity index (χ0) is 32.4. The summed E-state index contributed by atoms with van der Waals surface area (Å²) in [4.78, 5) is 49.3.